The number of methoxy groups -OCH3 is 2. The van der Waals surface area contributed by atoms with Crippen molar-refractivity contribution in [2.75, 3.05) is 19.5 Å². The summed E-state index contributed by atoms with van der Waals surface area (Å²) in [6, 6.07) is 13.8. The average molecular weight is 477 g/mol. The van der Waals surface area contributed by atoms with Crippen molar-refractivity contribution in [2.45, 2.75) is 6.18 Å². The van der Waals surface area contributed by atoms with Crippen LogP contribution in [0.25, 0.3) is 16.9 Å². The lowest BCUT2D eigenvalue weighted by atomic mass is 10.1. The van der Waals surface area contributed by atoms with Crippen LogP contribution in [0.5, 0.6) is 11.5 Å². The van der Waals surface area contributed by atoms with Crippen LogP contribution in [0.3, 0.4) is 0 Å². The highest BCUT2D eigenvalue weighted by atomic mass is 35.5. The van der Waals surface area contributed by atoms with Crippen LogP contribution >= 0.6 is 11.6 Å². The molecule has 0 aliphatic rings. The number of carbonyl (C=O) groups excluding carboxylic acids is 1. The molecule has 7 nitrogen and oxygen atoms in total. The summed E-state index contributed by atoms with van der Waals surface area (Å²) in [5.74, 6) is -0.0607. The standard InChI is InChI=1S/C22H16ClF3N4O3/c1-32-13-8-9-14(16(10-13)33-2)28-21(31)19-18(23)20-27-15(12-6-4-3-5-7-12)11-17(22(24,25)26)30(20)29-19/h3-11H,1-2H3,(H,28,31). The Bertz CT molecular complexity index is 1340. The molecule has 0 fully saturated rings. The number of hydrogen-bond donors (Lipinski definition) is 1. The molecule has 2 heterocycles. The number of hydrogen-bond acceptors (Lipinski definition) is 5. The predicted octanol–water partition coefficient (Wildman–Crippen LogP) is 5.34. The van der Waals surface area contributed by atoms with Crippen LogP contribution in [0.1, 0.15) is 16.2 Å². The van der Waals surface area contributed by atoms with Gasteiger partial charge in [-0.3, -0.25) is 4.79 Å². The molecule has 0 atom stereocenters. The lowest BCUT2D eigenvalue weighted by Crippen LogP contribution is -2.16. The lowest BCUT2D eigenvalue weighted by molar-refractivity contribution is -0.142. The summed E-state index contributed by atoms with van der Waals surface area (Å²) in [5.41, 5.74) is -1.08. The van der Waals surface area contributed by atoms with E-state index >= 15 is 0 Å². The minimum absolute atomic E-state index is 0.0426. The van der Waals surface area contributed by atoms with E-state index in [1.165, 1.54) is 26.4 Å². The van der Waals surface area contributed by atoms with Crippen molar-refractivity contribution in [1.82, 2.24) is 14.6 Å². The van der Waals surface area contributed by atoms with Crippen molar-refractivity contribution < 1.29 is 27.4 Å². The Balaban J connectivity index is 1.81. The number of nitrogens with zero attached hydrogens (tertiary/aromatic N) is 3. The summed E-state index contributed by atoms with van der Waals surface area (Å²) in [5, 5.41) is 6.05. The Kier molecular flexibility index (Phi) is 5.86. The molecule has 4 aromatic rings. The summed E-state index contributed by atoms with van der Waals surface area (Å²) in [7, 11) is 2.87. The number of alkyl halides is 3. The Labute approximate surface area is 190 Å². The molecule has 1 N–H and O–H groups in total. The van der Waals surface area contributed by atoms with Crippen LogP contribution in [0.15, 0.2) is 54.6 Å². The molecule has 0 spiro atoms. The summed E-state index contributed by atoms with van der Waals surface area (Å²) >= 11 is 6.30. The molecule has 0 saturated heterocycles. The molecule has 2 aromatic carbocycles. The van der Waals surface area contributed by atoms with Gasteiger partial charge in [-0.2, -0.15) is 18.3 Å². The zero-order chi connectivity index (χ0) is 23.8. The summed E-state index contributed by atoms with van der Waals surface area (Å²) in [6.45, 7) is 0. The Morgan fingerprint density at radius 1 is 1.06 bits per heavy atom. The van der Waals surface area contributed by atoms with E-state index in [-0.39, 0.29) is 27.8 Å². The third kappa shape index (κ3) is 4.29. The van der Waals surface area contributed by atoms with Gasteiger partial charge in [0.25, 0.3) is 5.91 Å². The average Bonchev–Trinajstić information content (AvgIpc) is 3.15. The van der Waals surface area contributed by atoms with Crippen molar-refractivity contribution in [3.05, 3.63) is 71.0 Å². The third-order valence-electron chi connectivity index (χ3n) is 4.76. The molecule has 0 saturated carbocycles. The van der Waals surface area contributed by atoms with E-state index in [2.05, 4.69) is 15.4 Å². The number of rotatable bonds is 5. The first kappa shape index (κ1) is 22.4. The first-order valence-corrected chi connectivity index (χ1v) is 9.86. The highest BCUT2D eigenvalue weighted by Gasteiger charge is 2.36. The van der Waals surface area contributed by atoms with Gasteiger partial charge in [-0.25, -0.2) is 9.50 Å². The second-order valence-electron chi connectivity index (χ2n) is 6.81. The second-order valence-corrected chi connectivity index (χ2v) is 7.19. The molecule has 1 amide bonds. The highest BCUT2D eigenvalue weighted by Crippen LogP contribution is 2.35. The predicted molar refractivity (Wildman–Crippen MR) is 116 cm³/mol. The number of ether oxygens (including phenoxy) is 2. The zero-order valence-electron chi connectivity index (χ0n) is 17.3. The van der Waals surface area contributed by atoms with Crippen molar-refractivity contribution in [2.24, 2.45) is 0 Å². The summed E-state index contributed by atoms with van der Waals surface area (Å²) in [6.07, 6.45) is -4.77. The van der Waals surface area contributed by atoms with Gasteiger partial charge in [0.05, 0.1) is 25.6 Å². The fourth-order valence-corrected chi connectivity index (χ4v) is 3.42. The first-order chi connectivity index (χ1) is 15.7. The van der Waals surface area contributed by atoms with Gasteiger partial charge in [0, 0.05) is 11.6 Å². The minimum Gasteiger partial charge on any atom is -0.497 e. The molecule has 0 bridgehead atoms. The van der Waals surface area contributed by atoms with Gasteiger partial charge >= 0.3 is 6.18 Å². The van der Waals surface area contributed by atoms with E-state index in [9.17, 15) is 18.0 Å². The van der Waals surface area contributed by atoms with Gasteiger partial charge < -0.3 is 14.8 Å². The van der Waals surface area contributed by atoms with E-state index in [4.69, 9.17) is 21.1 Å². The number of amides is 1. The number of benzene rings is 2. The van der Waals surface area contributed by atoms with E-state index in [1.54, 1.807) is 36.4 Å². The van der Waals surface area contributed by atoms with Crippen molar-refractivity contribution >= 4 is 28.8 Å². The quantitative estimate of drug-likeness (QED) is 0.421. The second kappa shape index (κ2) is 8.62. The Hall–Kier alpha value is -3.79. The lowest BCUT2D eigenvalue weighted by Gasteiger charge is -2.11. The van der Waals surface area contributed by atoms with Gasteiger partial charge in [-0.05, 0) is 18.2 Å². The maximum atomic E-state index is 13.8. The van der Waals surface area contributed by atoms with Gasteiger partial charge in [0.15, 0.2) is 17.0 Å². The van der Waals surface area contributed by atoms with Crippen LogP contribution in [-0.4, -0.2) is 34.7 Å². The van der Waals surface area contributed by atoms with E-state index in [0.29, 0.717) is 15.8 Å². The van der Waals surface area contributed by atoms with E-state index in [0.717, 1.165) is 6.07 Å². The number of fused-ring (bicyclic) bond motifs is 1. The largest absolute Gasteiger partial charge is 0.497 e. The molecular weight excluding hydrogens is 461 g/mol. The molecule has 4 rings (SSSR count). The third-order valence-corrected chi connectivity index (χ3v) is 5.11. The Morgan fingerprint density at radius 3 is 2.42 bits per heavy atom. The normalized spacial score (nSPS) is 11.5. The minimum atomic E-state index is -4.77. The zero-order valence-corrected chi connectivity index (χ0v) is 18.0. The summed E-state index contributed by atoms with van der Waals surface area (Å²) in [4.78, 5) is 17.1. The number of nitrogens with one attached hydrogen (secondary N) is 1. The SMILES string of the molecule is COc1ccc(NC(=O)c2nn3c(C(F)(F)F)cc(-c4ccccc4)nc3c2Cl)c(OC)c1. The molecule has 0 aliphatic carbocycles. The topological polar surface area (TPSA) is 77.8 Å². The van der Waals surface area contributed by atoms with Crippen LogP contribution in [-0.2, 0) is 6.18 Å². The molecular formula is C22H16ClF3N4O3. The molecule has 0 aliphatic heterocycles. The number of carbonyl (C=O) groups is 1. The number of aromatic nitrogens is 3. The summed E-state index contributed by atoms with van der Waals surface area (Å²) < 4.78 is 52.3. The monoisotopic (exact) mass is 476 g/mol. The Morgan fingerprint density at radius 2 is 1.79 bits per heavy atom. The van der Waals surface area contributed by atoms with Gasteiger partial charge in [-0.15, -0.1) is 0 Å². The molecule has 11 heteroatoms. The van der Waals surface area contributed by atoms with E-state index < -0.39 is 23.5 Å². The fourth-order valence-electron chi connectivity index (χ4n) is 3.18. The fraction of sp³-hybridized carbons (Fsp3) is 0.136. The highest BCUT2D eigenvalue weighted by molar-refractivity contribution is 6.37. The van der Waals surface area contributed by atoms with Gasteiger partial charge in [-0.1, -0.05) is 41.9 Å². The maximum absolute atomic E-state index is 13.8. The van der Waals surface area contributed by atoms with Crippen LogP contribution in [0.4, 0.5) is 18.9 Å². The van der Waals surface area contributed by atoms with Crippen molar-refractivity contribution in [3.63, 3.8) is 0 Å². The molecule has 170 valence electrons. The molecule has 0 unspecified atom stereocenters. The van der Waals surface area contributed by atoms with E-state index in [1.807, 2.05) is 0 Å². The van der Waals surface area contributed by atoms with Gasteiger partial charge in [0.2, 0.25) is 0 Å². The number of halogens is 4. The maximum Gasteiger partial charge on any atom is 0.433 e. The molecule has 2 aromatic heterocycles. The first-order valence-electron chi connectivity index (χ1n) is 9.48. The van der Waals surface area contributed by atoms with Crippen molar-refractivity contribution in [3.8, 4) is 22.8 Å². The molecule has 33 heavy (non-hydrogen) atoms. The molecule has 0 radical (unpaired) electrons. The van der Waals surface area contributed by atoms with Crippen LogP contribution < -0.4 is 14.8 Å². The smallest absolute Gasteiger partial charge is 0.433 e. The van der Waals surface area contributed by atoms with Crippen LogP contribution in [0, 0.1) is 0 Å². The number of anilines is 1. The van der Waals surface area contributed by atoms with Crippen LogP contribution in [0.2, 0.25) is 5.02 Å². The van der Waals surface area contributed by atoms with Gasteiger partial charge in [0.1, 0.15) is 16.5 Å². The van der Waals surface area contributed by atoms with Crippen molar-refractivity contribution in [1.29, 1.82) is 0 Å².